The predicted molar refractivity (Wildman–Crippen MR) is 96.8 cm³/mol. The summed E-state index contributed by atoms with van der Waals surface area (Å²) >= 11 is 1.91. The van der Waals surface area contributed by atoms with Crippen LogP contribution in [-0.2, 0) is 18.9 Å². The van der Waals surface area contributed by atoms with Gasteiger partial charge in [0.25, 0.3) is 0 Å². The molecule has 1 aliphatic rings. The average molecular weight is 364 g/mol. The van der Waals surface area contributed by atoms with Gasteiger partial charge in [-0.3, -0.25) is 0 Å². The second kappa shape index (κ2) is 14.8. The molecule has 7 heteroatoms. The van der Waals surface area contributed by atoms with Crippen molar-refractivity contribution in [2.75, 3.05) is 52.4 Å². The molecule has 0 heterocycles. The first-order chi connectivity index (χ1) is 11.8. The molecule has 0 spiro atoms. The Hall–Kier alpha value is -0.500. The largest absolute Gasteiger partial charge is 0.446 e. The zero-order chi connectivity index (χ0) is 17.5. The summed E-state index contributed by atoms with van der Waals surface area (Å²) in [5, 5.41) is 3.45. The quantitative estimate of drug-likeness (QED) is 0.508. The smallest absolute Gasteiger partial charge is 0.407 e. The molecule has 6 nitrogen and oxygen atoms in total. The van der Waals surface area contributed by atoms with E-state index in [1.165, 1.54) is 0 Å². The molecule has 0 aromatic heterocycles. The summed E-state index contributed by atoms with van der Waals surface area (Å²) < 4.78 is 21.5. The van der Waals surface area contributed by atoms with Crippen LogP contribution in [0.1, 0.15) is 39.0 Å². The maximum absolute atomic E-state index is 11.7. The Morgan fingerprint density at radius 2 is 1.54 bits per heavy atom. The predicted octanol–water partition coefficient (Wildman–Crippen LogP) is 2.85. The van der Waals surface area contributed by atoms with E-state index < -0.39 is 0 Å². The van der Waals surface area contributed by atoms with Gasteiger partial charge in [0.2, 0.25) is 0 Å². The van der Waals surface area contributed by atoms with E-state index in [0.717, 1.165) is 44.0 Å². The van der Waals surface area contributed by atoms with Crippen LogP contribution in [0.5, 0.6) is 0 Å². The van der Waals surface area contributed by atoms with Crippen LogP contribution in [0.25, 0.3) is 0 Å². The van der Waals surface area contributed by atoms with E-state index >= 15 is 0 Å². The molecular formula is C17H33NO5S. The number of alkyl carbamates (subject to hydrolysis) is 1. The number of hydrogen-bond donors (Lipinski definition) is 1. The molecule has 0 aromatic carbocycles. The molecule has 1 fully saturated rings. The van der Waals surface area contributed by atoms with Crippen molar-refractivity contribution in [3.63, 3.8) is 0 Å². The van der Waals surface area contributed by atoms with Crippen LogP contribution < -0.4 is 5.32 Å². The first-order valence-electron chi connectivity index (χ1n) is 8.96. The highest BCUT2D eigenvalue weighted by Gasteiger charge is 2.23. The fourth-order valence-electron chi connectivity index (χ4n) is 2.49. The van der Waals surface area contributed by atoms with Gasteiger partial charge in [0.15, 0.2) is 0 Å². The normalized spacial score (nSPS) is 20.8. The Morgan fingerprint density at radius 1 is 0.958 bits per heavy atom. The molecule has 0 aromatic rings. The van der Waals surface area contributed by atoms with Gasteiger partial charge >= 0.3 is 6.09 Å². The van der Waals surface area contributed by atoms with Crippen molar-refractivity contribution in [2.45, 2.75) is 50.4 Å². The lowest BCUT2D eigenvalue weighted by Gasteiger charge is -2.27. The Morgan fingerprint density at radius 3 is 2.12 bits per heavy atom. The van der Waals surface area contributed by atoms with E-state index in [1.54, 1.807) is 0 Å². The number of rotatable bonds is 13. The van der Waals surface area contributed by atoms with Crippen molar-refractivity contribution < 1.29 is 23.7 Å². The first kappa shape index (κ1) is 21.5. The molecule has 0 atom stereocenters. The van der Waals surface area contributed by atoms with Crippen molar-refractivity contribution in [3.8, 4) is 0 Å². The molecule has 142 valence electrons. The Labute approximate surface area is 150 Å². The molecule has 24 heavy (non-hydrogen) atoms. The number of hydrogen-bond acceptors (Lipinski definition) is 6. The SMILES string of the molecule is CCCOCCOCCOCCNC(=O)OC1CCC(SC)CC1. The molecule has 1 N–H and O–H groups in total. The van der Waals surface area contributed by atoms with Crippen molar-refractivity contribution in [3.05, 3.63) is 0 Å². The third-order valence-corrected chi connectivity index (χ3v) is 4.97. The molecule has 1 aliphatic carbocycles. The molecule has 0 unspecified atom stereocenters. The topological polar surface area (TPSA) is 66.0 Å². The minimum Gasteiger partial charge on any atom is -0.446 e. The highest BCUT2D eigenvalue weighted by atomic mass is 32.2. The molecular weight excluding hydrogens is 330 g/mol. The summed E-state index contributed by atoms with van der Waals surface area (Å²) in [7, 11) is 0. The van der Waals surface area contributed by atoms with Crippen LogP contribution in [0.3, 0.4) is 0 Å². The maximum Gasteiger partial charge on any atom is 0.407 e. The fourth-order valence-corrected chi connectivity index (χ4v) is 3.23. The molecule has 1 rings (SSSR count). The maximum atomic E-state index is 11.7. The fraction of sp³-hybridized carbons (Fsp3) is 0.941. The lowest BCUT2D eigenvalue weighted by atomic mass is 9.97. The molecule has 0 radical (unpaired) electrons. The zero-order valence-corrected chi connectivity index (χ0v) is 15.9. The van der Waals surface area contributed by atoms with E-state index in [2.05, 4.69) is 18.5 Å². The highest BCUT2D eigenvalue weighted by molar-refractivity contribution is 7.99. The van der Waals surface area contributed by atoms with Crippen molar-refractivity contribution in [1.82, 2.24) is 5.32 Å². The van der Waals surface area contributed by atoms with Crippen LogP contribution in [-0.4, -0.2) is 69.9 Å². The molecule has 0 saturated heterocycles. The third kappa shape index (κ3) is 11.1. The standard InChI is InChI=1S/C17H33NO5S/c1-3-9-20-11-13-22-14-12-21-10-8-18-17(19)23-15-4-6-16(24-2)7-5-15/h15-16H,3-14H2,1-2H3,(H,18,19). The summed E-state index contributed by atoms with van der Waals surface area (Å²) in [6, 6.07) is 0. The van der Waals surface area contributed by atoms with Gasteiger partial charge in [0.05, 0.1) is 33.0 Å². The third-order valence-electron chi connectivity index (χ3n) is 3.84. The molecule has 1 saturated carbocycles. The molecule has 1 amide bonds. The van der Waals surface area contributed by atoms with E-state index in [-0.39, 0.29) is 12.2 Å². The Balaban J connectivity index is 1.84. The van der Waals surface area contributed by atoms with Crippen molar-refractivity contribution in [2.24, 2.45) is 0 Å². The van der Waals surface area contributed by atoms with E-state index in [1.807, 2.05) is 11.8 Å². The minimum atomic E-state index is -0.337. The highest BCUT2D eigenvalue weighted by Crippen LogP contribution is 2.28. The minimum absolute atomic E-state index is 0.0673. The average Bonchev–Trinajstić information content (AvgIpc) is 2.60. The Kier molecular flexibility index (Phi) is 13.3. The first-order valence-corrected chi connectivity index (χ1v) is 10.3. The van der Waals surface area contributed by atoms with Gasteiger partial charge in [-0.2, -0.15) is 11.8 Å². The van der Waals surface area contributed by atoms with E-state index in [0.29, 0.717) is 39.6 Å². The van der Waals surface area contributed by atoms with Crippen LogP contribution >= 0.6 is 11.8 Å². The summed E-state index contributed by atoms with van der Waals surface area (Å²) in [5.74, 6) is 0. The van der Waals surface area contributed by atoms with E-state index in [9.17, 15) is 4.79 Å². The Bertz CT molecular complexity index is 311. The molecule has 0 bridgehead atoms. The van der Waals surface area contributed by atoms with Crippen LogP contribution in [0, 0.1) is 0 Å². The molecule has 0 aliphatic heterocycles. The van der Waals surface area contributed by atoms with Crippen molar-refractivity contribution >= 4 is 17.9 Å². The van der Waals surface area contributed by atoms with Crippen LogP contribution in [0.15, 0.2) is 0 Å². The van der Waals surface area contributed by atoms with Gasteiger partial charge in [-0.25, -0.2) is 4.79 Å². The van der Waals surface area contributed by atoms with E-state index in [4.69, 9.17) is 18.9 Å². The summed E-state index contributed by atoms with van der Waals surface area (Å²) in [6.45, 7) is 6.05. The number of carbonyl (C=O) groups excluding carboxylic acids is 1. The summed E-state index contributed by atoms with van der Waals surface area (Å²) in [6.07, 6.45) is 7.09. The summed E-state index contributed by atoms with van der Waals surface area (Å²) in [5.41, 5.74) is 0. The van der Waals surface area contributed by atoms with Crippen LogP contribution in [0.4, 0.5) is 4.79 Å². The second-order valence-corrected chi connectivity index (χ2v) is 6.94. The van der Waals surface area contributed by atoms with Crippen LogP contribution in [0.2, 0.25) is 0 Å². The number of amides is 1. The summed E-state index contributed by atoms with van der Waals surface area (Å²) in [4.78, 5) is 11.7. The van der Waals surface area contributed by atoms with Gasteiger partial charge in [0.1, 0.15) is 6.10 Å². The number of nitrogens with one attached hydrogen (secondary N) is 1. The lowest BCUT2D eigenvalue weighted by molar-refractivity contribution is 0.0147. The van der Waals surface area contributed by atoms with Gasteiger partial charge < -0.3 is 24.3 Å². The van der Waals surface area contributed by atoms with Gasteiger partial charge in [-0.1, -0.05) is 6.92 Å². The van der Waals surface area contributed by atoms with Crippen molar-refractivity contribution in [1.29, 1.82) is 0 Å². The monoisotopic (exact) mass is 363 g/mol. The van der Waals surface area contributed by atoms with Gasteiger partial charge in [-0.15, -0.1) is 0 Å². The number of carbonyl (C=O) groups is 1. The lowest BCUT2D eigenvalue weighted by Crippen LogP contribution is -2.33. The van der Waals surface area contributed by atoms with Gasteiger partial charge in [0, 0.05) is 18.4 Å². The zero-order valence-electron chi connectivity index (χ0n) is 15.1. The number of thioether (sulfide) groups is 1. The number of ether oxygens (including phenoxy) is 4. The van der Waals surface area contributed by atoms with Gasteiger partial charge in [-0.05, 0) is 38.4 Å². The second-order valence-electron chi connectivity index (χ2n) is 5.80.